The fourth-order valence-electron chi connectivity index (χ4n) is 1.45. The van der Waals surface area contributed by atoms with E-state index >= 15 is 0 Å². The molecule has 0 saturated carbocycles. The summed E-state index contributed by atoms with van der Waals surface area (Å²) >= 11 is 0. The van der Waals surface area contributed by atoms with Gasteiger partial charge in [0.1, 0.15) is 13.7 Å². The third-order valence-corrected chi connectivity index (χ3v) is 2.18. The first-order valence-corrected chi connectivity index (χ1v) is 6.11. The molecule has 1 aliphatic rings. The van der Waals surface area contributed by atoms with Crippen LogP contribution >= 0.6 is 0 Å². The van der Waals surface area contributed by atoms with Crippen LogP contribution in [-0.2, 0) is 7.05 Å². The summed E-state index contributed by atoms with van der Waals surface area (Å²) in [5.74, 6) is 0.964. The number of likely N-dealkylation sites (N-methyl/N-ethyl adjacent to an activating group) is 1. The Morgan fingerprint density at radius 3 is 2.44 bits per heavy atom. The molecule has 1 aromatic heterocycles. The fraction of sp³-hybridized carbons (Fsp3) is 0.615. The molecule has 16 heavy (non-hydrogen) atoms. The Bertz CT molecular complexity index is 300. The summed E-state index contributed by atoms with van der Waals surface area (Å²) in [5, 5.41) is 0. The van der Waals surface area contributed by atoms with Gasteiger partial charge >= 0.3 is 5.88 Å². The molecule has 0 amide bonds. The van der Waals surface area contributed by atoms with Crippen molar-refractivity contribution >= 4 is 5.69 Å². The number of ether oxygens (including phenoxy) is 1. The highest BCUT2D eigenvalue weighted by Gasteiger charge is 2.22. The van der Waals surface area contributed by atoms with Crippen molar-refractivity contribution in [1.29, 1.82) is 0 Å². The maximum Gasteiger partial charge on any atom is 0.391 e. The average molecular weight is 225 g/mol. The quantitative estimate of drug-likeness (QED) is 0.630. The summed E-state index contributed by atoms with van der Waals surface area (Å²) < 4.78 is 7.55. The minimum absolute atomic E-state index is 0.779. The molecule has 0 saturated heterocycles. The highest BCUT2D eigenvalue weighted by atomic mass is 16.5. The first-order valence-electron chi connectivity index (χ1n) is 6.11. The minimum Gasteiger partial charge on any atom is -0.441 e. The van der Waals surface area contributed by atoms with Crippen LogP contribution in [0.4, 0.5) is 5.69 Å². The Morgan fingerprint density at radius 1 is 1.25 bits per heavy atom. The van der Waals surface area contributed by atoms with Crippen LogP contribution in [0.2, 0.25) is 0 Å². The molecule has 0 bridgehead atoms. The summed E-state index contributed by atoms with van der Waals surface area (Å²) in [4.78, 5) is 2.21. The predicted molar refractivity (Wildman–Crippen MR) is 69.1 cm³/mol. The van der Waals surface area contributed by atoms with Crippen molar-refractivity contribution in [3.63, 3.8) is 0 Å². The Balaban J connectivity index is 0.000000509. The van der Waals surface area contributed by atoms with Gasteiger partial charge in [0.2, 0.25) is 0 Å². The lowest BCUT2D eigenvalue weighted by Crippen LogP contribution is -2.38. The fourth-order valence-corrected chi connectivity index (χ4v) is 1.45. The van der Waals surface area contributed by atoms with Gasteiger partial charge in [-0.25, -0.2) is 0 Å². The second-order valence-corrected chi connectivity index (χ2v) is 3.08. The van der Waals surface area contributed by atoms with Crippen LogP contribution in [0.3, 0.4) is 0 Å². The molecule has 1 aliphatic heterocycles. The number of nitrogens with zero attached hydrogens (tertiary/aromatic N) is 2. The third-order valence-electron chi connectivity index (χ3n) is 2.18. The molecule has 92 valence electrons. The molecule has 0 aliphatic carbocycles. The topological polar surface area (TPSA) is 16.4 Å². The zero-order chi connectivity index (χ0) is 12.6. The van der Waals surface area contributed by atoms with Crippen LogP contribution < -0.4 is 14.2 Å². The van der Waals surface area contributed by atoms with Crippen LogP contribution in [0.15, 0.2) is 18.3 Å². The van der Waals surface area contributed by atoms with E-state index in [9.17, 15) is 0 Å². The molecule has 3 nitrogen and oxygen atoms in total. The zero-order valence-electron chi connectivity index (χ0n) is 11.4. The van der Waals surface area contributed by atoms with Crippen molar-refractivity contribution in [2.45, 2.75) is 27.7 Å². The Morgan fingerprint density at radius 2 is 1.88 bits per heavy atom. The number of pyridine rings is 1. The molecule has 0 spiro atoms. The summed E-state index contributed by atoms with van der Waals surface area (Å²) in [7, 11) is 4.08. The number of aryl methyl sites for hydroxylation is 1. The van der Waals surface area contributed by atoms with Crippen molar-refractivity contribution in [2.24, 2.45) is 7.05 Å². The molecule has 0 unspecified atom stereocenters. The Labute approximate surface area is 99.7 Å². The standard InChI is InChI=1S/C9H13N2O.2C2H6/c1-10-6-7-12-9-8(10)4-3-5-11(9)2;2*1-2/h3-5H,6-7H2,1-2H3;2*1-2H3/q+1;;. The van der Waals surface area contributed by atoms with Crippen LogP contribution in [0.25, 0.3) is 0 Å². The van der Waals surface area contributed by atoms with Gasteiger partial charge in [0, 0.05) is 13.1 Å². The van der Waals surface area contributed by atoms with Crippen molar-refractivity contribution < 1.29 is 9.30 Å². The van der Waals surface area contributed by atoms with E-state index in [1.807, 2.05) is 51.6 Å². The molecule has 0 N–H and O–H groups in total. The van der Waals surface area contributed by atoms with Gasteiger partial charge in [-0.2, -0.15) is 4.57 Å². The lowest BCUT2D eigenvalue weighted by atomic mass is 10.3. The van der Waals surface area contributed by atoms with Crippen molar-refractivity contribution in [2.75, 3.05) is 25.1 Å². The molecular weight excluding hydrogens is 200 g/mol. The largest absolute Gasteiger partial charge is 0.441 e. The van der Waals surface area contributed by atoms with Gasteiger partial charge in [-0.05, 0) is 6.07 Å². The third kappa shape index (κ3) is 3.40. The summed E-state index contributed by atoms with van der Waals surface area (Å²) in [6.45, 7) is 9.75. The summed E-state index contributed by atoms with van der Waals surface area (Å²) in [5.41, 5.74) is 1.17. The molecular formula is C13H25N2O+. The van der Waals surface area contributed by atoms with E-state index in [2.05, 4.69) is 18.0 Å². The van der Waals surface area contributed by atoms with E-state index < -0.39 is 0 Å². The van der Waals surface area contributed by atoms with Crippen LogP contribution in [0, 0.1) is 0 Å². The van der Waals surface area contributed by atoms with Crippen LogP contribution in [-0.4, -0.2) is 20.2 Å². The van der Waals surface area contributed by atoms with Gasteiger partial charge < -0.3 is 9.64 Å². The first kappa shape index (κ1) is 14.8. The van der Waals surface area contributed by atoms with E-state index in [1.54, 1.807) is 0 Å². The Kier molecular flexibility index (Phi) is 7.34. The second kappa shape index (κ2) is 7.97. The maximum absolute atomic E-state index is 5.55. The van der Waals surface area contributed by atoms with Crippen LogP contribution in [0.1, 0.15) is 27.7 Å². The number of aromatic nitrogens is 1. The minimum atomic E-state index is 0.779. The lowest BCUT2D eigenvalue weighted by molar-refractivity contribution is -0.676. The van der Waals surface area contributed by atoms with Crippen molar-refractivity contribution in [3.8, 4) is 5.88 Å². The Hall–Kier alpha value is -1.25. The molecule has 3 heteroatoms. The van der Waals surface area contributed by atoms with E-state index in [0.29, 0.717) is 0 Å². The molecule has 2 rings (SSSR count). The number of anilines is 1. The van der Waals surface area contributed by atoms with Gasteiger partial charge in [0.25, 0.3) is 0 Å². The number of hydrogen-bond donors (Lipinski definition) is 0. The number of hydrogen-bond acceptors (Lipinski definition) is 2. The van der Waals surface area contributed by atoms with Gasteiger partial charge in [-0.1, -0.05) is 27.7 Å². The smallest absolute Gasteiger partial charge is 0.391 e. The van der Waals surface area contributed by atoms with Gasteiger partial charge in [-0.3, -0.25) is 0 Å². The lowest BCUT2D eigenvalue weighted by Gasteiger charge is -2.24. The highest BCUT2D eigenvalue weighted by molar-refractivity contribution is 5.52. The zero-order valence-corrected chi connectivity index (χ0v) is 11.4. The van der Waals surface area contributed by atoms with E-state index in [0.717, 1.165) is 19.0 Å². The van der Waals surface area contributed by atoms with Gasteiger partial charge in [-0.15, -0.1) is 0 Å². The normalized spacial score (nSPS) is 12.2. The maximum atomic E-state index is 5.55. The van der Waals surface area contributed by atoms with E-state index in [4.69, 9.17) is 4.74 Å². The molecule has 0 atom stereocenters. The second-order valence-electron chi connectivity index (χ2n) is 3.08. The van der Waals surface area contributed by atoms with Crippen molar-refractivity contribution in [1.82, 2.24) is 0 Å². The number of fused-ring (bicyclic) bond motifs is 1. The molecule has 2 heterocycles. The number of rotatable bonds is 0. The van der Waals surface area contributed by atoms with Crippen LogP contribution in [0.5, 0.6) is 5.88 Å². The molecule has 0 aromatic carbocycles. The predicted octanol–water partition coefficient (Wildman–Crippen LogP) is 2.39. The molecule has 1 aromatic rings. The average Bonchev–Trinajstić information content (AvgIpc) is 2.36. The monoisotopic (exact) mass is 225 g/mol. The van der Waals surface area contributed by atoms with Crippen molar-refractivity contribution in [3.05, 3.63) is 18.3 Å². The first-order chi connectivity index (χ1) is 7.79. The molecule has 0 radical (unpaired) electrons. The summed E-state index contributed by atoms with van der Waals surface area (Å²) in [6.07, 6.45) is 2.00. The van der Waals surface area contributed by atoms with E-state index in [-0.39, 0.29) is 0 Å². The van der Waals surface area contributed by atoms with Gasteiger partial charge in [0.05, 0.1) is 6.54 Å². The summed E-state index contributed by atoms with van der Waals surface area (Å²) in [6, 6.07) is 4.11. The highest BCUT2D eigenvalue weighted by Crippen LogP contribution is 2.25. The van der Waals surface area contributed by atoms with Gasteiger partial charge in [0.15, 0.2) is 11.9 Å². The van der Waals surface area contributed by atoms with E-state index in [1.165, 1.54) is 5.69 Å². The molecule has 0 fully saturated rings. The SMILES string of the molecule is CC.CC.CN1CCOc2c1ccc[n+]2C.